The predicted molar refractivity (Wildman–Crippen MR) is 92.2 cm³/mol. The number of amides is 3. The second kappa shape index (κ2) is 9.21. The summed E-state index contributed by atoms with van der Waals surface area (Å²) >= 11 is 0. The number of urea groups is 1. The van der Waals surface area contributed by atoms with Gasteiger partial charge in [0, 0.05) is 6.54 Å². The molecule has 1 heterocycles. The number of nitrogens with zero attached hydrogens (tertiary/aromatic N) is 2. The molecule has 9 heteroatoms. The summed E-state index contributed by atoms with van der Waals surface area (Å²) in [4.78, 5) is 35.1. The molecule has 26 heavy (non-hydrogen) atoms. The van der Waals surface area contributed by atoms with E-state index in [1.54, 1.807) is 26.0 Å². The van der Waals surface area contributed by atoms with Crippen LogP contribution in [0.4, 0.5) is 4.79 Å². The lowest BCUT2D eigenvalue weighted by Gasteiger charge is -2.06. The zero-order valence-electron chi connectivity index (χ0n) is 14.5. The van der Waals surface area contributed by atoms with Crippen LogP contribution < -0.4 is 15.4 Å². The molecule has 2 N–H and O–H groups in total. The van der Waals surface area contributed by atoms with Crippen LogP contribution in [0.2, 0.25) is 0 Å². The van der Waals surface area contributed by atoms with Crippen molar-refractivity contribution in [3.63, 3.8) is 0 Å². The Hall–Kier alpha value is -3.36. The molecule has 0 radical (unpaired) electrons. The van der Waals surface area contributed by atoms with E-state index in [1.165, 1.54) is 10.9 Å². The third kappa shape index (κ3) is 5.07. The Balaban J connectivity index is 2.15. The Morgan fingerprint density at radius 1 is 1.15 bits per heavy atom. The highest BCUT2D eigenvalue weighted by molar-refractivity contribution is 5.95. The molecule has 2 aromatic rings. The van der Waals surface area contributed by atoms with Crippen molar-refractivity contribution in [1.29, 1.82) is 0 Å². The standard InChI is InChI=1S/C17H20N4O5/c1-3-18-17(24)19-14(22)11-26-13-10-21(12-8-6-5-7-9-12)20-15(13)16(23)25-4-2/h5-10H,3-4,11H2,1-2H3,(H2,18,19,22,24). The third-order valence-corrected chi connectivity index (χ3v) is 3.12. The van der Waals surface area contributed by atoms with Crippen LogP contribution in [0.15, 0.2) is 36.5 Å². The predicted octanol–water partition coefficient (Wildman–Crippen LogP) is 1.27. The van der Waals surface area contributed by atoms with Gasteiger partial charge in [-0.1, -0.05) is 18.2 Å². The maximum atomic E-state index is 12.1. The zero-order chi connectivity index (χ0) is 18.9. The van der Waals surface area contributed by atoms with E-state index in [1.807, 2.05) is 18.2 Å². The highest BCUT2D eigenvalue weighted by Gasteiger charge is 2.21. The summed E-state index contributed by atoms with van der Waals surface area (Å²) in [6.45, 7) is 3.51. The van der Waals surface area contributed by atoms with Crippen molar-refractivity contribution in [2.24, 2.45) is 0 Å². The molecule has 1 aromatic carbocycles. The fraction of sp³-hybridized carbons (Fsp3) is 0.294. The second-order valence-corrected chi connectivity index (χ2v) is 5.04. The molecule has 0 aliphatic heterocycles. The normalized spacial score (nSPS) is 10.1. The van der Waals surface area contributed by atoms with Gasteiger partial charge in [-0.15, -0.1) is 0 Å². The van der Waals surface area contributed by atoms with Gasteiger partial charge in [0.2, 0.25) is 5.69 Å². The summed E-state index contributed by atoms with van der Waals surface area (Å²) in [7, 11) is 0. The Morgan fingerprint density at radius 3 is 2.54 bits per heavy atom. The van der Waals surface area contributed by atoms with Crippen LogP contribution in [0.3, 0.4) is 0 Å². The summed E-state index contributed by atoms with van der Waals surface area (Å²) in [5.41, 5.74) is 0.654. The minimum Gasteiger partial charge on any atom is -0.480 e. The molecular weight excluding hydrogens is 340 g/mol. The molecule has 138 valence electrons. The molecule has 0 fully saturated rings. The molecule has 0 bridgehead atoms. The van der Waals surface area contributed by atoms with Gasteiger partial charge in [-0.3, -0.25) is 10.1 Å². The SMILES string of the molecule is CCNC(=O)NC(=O)COc1cn(-c2ccccc2)nc1C(=O)OCC. The number of benzene rings is 1. The first-order valence-corrected chi connectivity index (χ1v) is 8.07. The quantitative estimate of drug-likeness (QED) is 0.719. The van der Waals surface area contributed by atoms with Crippen LogP contribution in [-0.2, 0) is 9.53 Å². The van der Waals surface area contributed by atoms with Gasteiger partial charge in [0.05, 0.1) is 18.5 Å². The van der Waals surface area contributed by atoms with Gasteiger partial charge in [0.1, 0.15) is 0 Å². The maximum Gasteiger partial charge on any atom is 0.362 e. The van der Waals surface area contributed by atoms with E-state index in [0.29, 0.717) is 12.2 Å². The van der Waals surface area contributed by atoms with E-state index < -0.39 is 24.5 Å². The molecule has 9 nitrogen and oxygen atoms in total. The van der Waals surface area contributed by atoms with E-state index >= 15 is 0 Å². The largest absolute Gasteiger partial charge is 0.480 e. The van der Waals surface area contributed by atoms with E-state index in [9.17, 15) is 14.4 Å². The molecule has 0 aliphatic carbocycles. The number of hydrogen-bond acceptors (Lipinski definition) is 6. The minimum atomic E-state index is -0.665. The van der Waals surface area contributed by atoms with Crippen LogP contribution >= 0.6 is 0 Å². The van der Waals surface area contributed by atoms with Crippen molar-refractivity contribution in [3.8, 4) is 11.4 Å². The van der Waals surface area contributed by atoms with Gasteiger partial charge in [0.25, 0.3) is 5.91 Å². The topological polar surface area (TPSA) is 112 Å². The van der Waals surface area contributed by atoms with Crippen LogP contribution in [0.5, 0.6) is 5.75 Å². The average Bonchev–Trinajstić information content (AvgIpc) is 3.05. The van der Waals surface area contributed by atoms with Crippen molar-refractivity contribution in [2.45, 2.75) is 13.8 Å². The Bertz CT molecular complexity index is 773. The summed E-state index contributed by atoms with van der Waals surface area (Å²) in [6.07, 6.45) is 1.47. The number of carbonyl (C=O) groups is 3. The van der Waals surface area contributed by atoms with E-state index in [0.717, 1.165) is 0 Å². The molecule has 0 saturated heterocycles. The zero-order valence-corrected chi connectivity index (χ0v) is 14.5. The molecule has 0 saturated carbocycles. The Kier molecular flexibility index (Phi) is 6.72. The Labute approximate surface area is 150 Å². The molecular formula is C17H20N4O5. The summed E-state index contributed by atoms with van der Waals surface area (Å²) in [6, 6.07) is 8.47. The number of imide groups is 1. The minimum absolute atomic E-state index is 0.0542. The Morgan fingerprint density at radius 2 is 1.88 bits per heavy atom. The van der Waals surface area contributed by atoms with Crippen molar-refractivity contribution < 1.29 is 23.9 Å². The first-order valence-electron chi connectivity index (χ1n) is 8.07. The van der Waals surface area contributed by atoms with Crippen LogP contribution in [0.1, 0.15) is 24.3 Å². The van der Waals surface area contributed by atoms with E-state index in [4.69, 9.17) is 9.47 Å². The van der Waals surface area contributed by atoms with Crippen molar-refractivity contribution in [3.05, 3.63) is 42.2 Å². The monoisotopic (exact) mass is 360 g/mol. The molecule has 1 aromatic heterocycles. The number of hydrogen-bond donors (Lipinski definition) is 2. The smallest absolute Gasteiger partial charge is 0.362 e. The molecule has 0 spiro atoms. The number of aromatic nitrogens is 2. The summed E-state index contributed by atoms with van der Waals surface area (Å²) < 4.78 is 11.8. The highest BCUT2D eigenvalue weighted by Crippen LogP contribution is 2.20. The summed E-state index contributed by atoms with van der Waals surface area (Å²) in [5, 5.41) is 8.71. The van der Waals surface area contributed by atoms with Crippen molar-refractivity contribution in [2.75, 3.05) is 19.8 Å². The van der Waals surface area contributed by atoms with Crippen molar-refractivity contribution in [1.82, 2.24) is 20.4 Å². The van der Waals surface area contributed by atoms with E-state index in [-0.39, 0.29) is 18.1 Å². The van der Waals surface area contributed by atoms with Crippen LogP contribution in [-0.4, -0.2) is 47.4 Å². The van der Waals surface area contributed by atoms with Crippen molar-refractivity contribution >= 4 is 17.9 Å². The molecule has 2 rings (SSSR count). The van der Waals surface area contributed by atoms with Gasteiger partial charge in [-0.25, -0.2) is 14.3 Å². The number of ether oxygens (including phenoxy) is 2. The van der Waals surface area contributed by atoms with Gasteiger partial charge in [0.15, 0.2) is 12.4 Å². The average molecular weight is 360 g/mol. The molecule has 0 aliphatic rings. The van der Waals surface area contributed by atoms with Crippen LogP contribution in [0, 0.1) is 0 Å². The number of rotatable bonds is 7. The first kappa shape index (κ1) is 19.0. The van der Waals surface area contributed by atoms with Gasteiger partial charge in [-0.2, -0.15) is 5.10 Å². The lowest BCUT2D eigenvalue weighted by molar-refractivity contribution is -0.122. The molecule has 0 atom stereocenters. The number of nitrogens with one attached hydrogen (secondary N) is 2. The highest BCUT2D eigenvalue weighted by atomic mass is 16.5. The molecule has 0 unspecified atom stereocenters. The maximum absolute atomic E-state index is 12.1. The van der Waals surface area contributed by atoms with E-state index in [2.05, 4.69) is 15.7 Å². The number of para-hydroxylation sites is 1. The van der Waals surface area contributed by atoms with Gasteiger partial charge < -0.3 is 14.8 Å². The third-order valence-electron chi connectivity index (χ3n) is 3.12. The molecule has 3 amide bonds. The summed E-state index contributed by atoms with van der Waals surface area (Å²) in [5.74, 6) is -1.24. The lowest BCUT2D eigenvalue weighted by atomic mass is 10.3. The van der Waals surface area contributed by atoms with Gasteiger partial charge >= 0.3 is 12.0 Å². The van der Waals surface area contributed by atoms with Gasteiger partial charge in [-0.05, 0) is 26.0 Å². The first-order chi connectivity index (χ1) is 12.5. The van der Waals surface area contributed by atoms with Crippen LogP contribution in [0.25, 0.3) is 5.69 Å². The fourth-order valence-electron chi connectivity index (χ4n) is 2.03. The second-order valence-electron chi connectivity index (χ2n) is 5.04. The fourth-order valence-corrected chi connectivity index (χ4v) is 2.03. The lowest BCUT2D eigenvalue weighted by Crippen LogP contribution is -2.41. The number of carbonyl (C=O) groups excluding carboxylic acids is 3. The number of esters is 1.